The molecule has 0 bridgehead atoms. The van der Waals surface area contributed by atoms with E-state index in [1.54, 1.807) is 0 Å². The molecular weight excluding hydrogens is 372 g/mol. The standard InChI is InChI=1S/C17H19F2N7O2/c1-17(18,19)9-23-16(27)28-12-3-2-10(4-12)13-5-14(26-25-13)24-15-8-21-11(6-20)7-22-15/h5,7-8,10,12H,2-4,9H2,1H3,(H,23,27)(H2,22,24,25,26). The number of amides is 1. The summed E-state index contributed by atoms with van der Waals surface area (Å²) in [7, 11) is 0. The van der Waals surface area contributed by atoms with Crippen molar-refractivity contribution in [2.24, 2.45) is 0 Å². The first kappa shape index (κ1) is 19.5. The fraction of sp³-hybridized carbons (Fsp3) is 0.471. The fourth-order valence-electron chi connectivity index (χ4n) is 2.94. The average molecular weight is 391 g/mol. The van der Waals surface area contributed by atoms with Crippen LogP contribution in [0.2, 0.25) is 0 Å². The number of carbonyl (C=O) groups excluding carboxylic acids is 1. The first-order valence-electron chi connectivity index (χ1n) is 8.69. The van der Waals surface area contributed by atoms with Crippen molar-refractivity contribution in [1.29, 1.82) is 5.26 Å². The van der Waals surface area contributed by atoms with Crippen LogP contribution in [0, 0.1) is 11.3 Å². The summed E-state index contributed by atoms with van der Waals surface area (Å²) in [6, 6.07) is 3.72. The van der Waals surface area contributed by atoms with Crippen molar-refractivity contribution in [3.8, 4) is 6.07 Å². The van der Waals surface area contributed by atoms with Gasteiger partial charge in [-0.1, -0.05) is 0 Å². The number of halogens is 2. The summed E-state index contributed by atoms with van der Waals surface area (Å²) in [6.45, 7) is -0.0258. The molecule has 28 heavy (non-hydrogen) atoms. The van der Waals surface area contributed by atoms with E-state index in [0.29, 0.717) is 24.5 Å². The molecule has 0 saturated heterocycles. The van der Waals surface area contributed by atoms with Crippen LogP contribution in [0.25, 0.3) is 0 Å². The third kappa shape index (κ3) is 5.35. The lowest BCUT2D eigenvalue weighted by molar-refractivity contribution is 0.0186. The number of nitriles is 1. The van der Waals surface area contributed by atoms with Crippen molar-refractivity contribution in [3.63, 3.8) is 0 Å². The highest BCUT2D eigenvalue weighted by Crippen LogP contribution is 2.36. The van der Waals surface area contributed by atoms with Crippen molar-refractivity contribution in [3.05, 3.63) is 29.8 Å². The molecule has 11 heteroatoms. The Bertz CT molecular complexity index is 858. The lowest BCUT2D eigenvalue weighted by Crippen LogP contribution is -2.36. The summed E-state index contributed by atoms with van der Waals surface area (Å²) in [6.07, 6.45) is 3.62. The molecule has 0 aliphatic heterocycles. The van der Waals surface area contributed by atoms with Crippen LogP contribution in [0.3, 0.4) is 0 Å². The molecule has 0 aromatic carbocycles. The van der Waals surface area contributed by atoms with Gasteiger partial charge in [-0.05, 0) is 19.3 Å². The Balaban J connectivity index is 1.50. The predicted molar refractivity (Wildman–Crippen MR) is 94.1 cm³/mol. The molecule has 1 saturated carbocycles. The molecular formula is C17H19F2N7O2. The van der Waals surface area contributed by atoms with Crippen LogP contribution >= 0.6 is 0 Å². The van der Waals surface area contributed by atoms with Crippen molar-refractivity contribution >= 4 is 17.7 Å². The summed E-state index contributed by atoms with van der Waals surface area (Å²) in [4.78, 5) is 19.6. The van der Waals surface area contributed by atoms with E-state index in [-0.39, 0.29) is 17.7 Å². The molecule has 1 fully saturated rings. The van der Waals surface area contributed by atoms with Crippen molar-refractivity contribution in [1.82, 2.24) is 25.5 Å². The number of hydrogen-bond donors (Lipinski definition) is 3. The number of nitrogens with zero attached hydrogens (tertiary/aromatic N) is 4. The van der Waals surface area contributed by atoms with Crippen LogP contribution in [0.15, 0.2) is 18.5 Å². The monoisotopic (exact) mass is 391 g/mol. The van der Waals surface area contributed by atoms with E-state index in [1.165, 1.54) is 12.4 Å². The number of nitrogens with one attached hydrogen (secondary N) is 3. The van der Waals surface area contributed by atoms with Crippen molar-refractivity contribution in [2.45, 2.75) is 44.1 Å². The second kappa shape index (κ2) is 8.16. The lowest BCUT2D eigenvalue weighted by Gasteiger charge is -2.15. The molecule has 2 aromatic heterocycles. The van der Waals surface area contributed by atoms with E-state index in [2.05, 4.69) is 30.8 Å². The second-order valence-corrected chi connectivity index (χ2v) is 6.69. The number of alkyl halides is 2. The van der Waals surface area contributed by atoms with Crippen molar-refractivity contribution < 1.29 is 18.3 Å². The predicted octanol–water partition coefficient (Wildman–Crippen LogP) is 2.83. The number of hydrogen-bond acceptors (Lipinski definition) is 7. The van der Waals surface area contributed by atoms with Crippen LogP contribution in [0.4, 0.5) is 25.2 Å². The highest BCUT2D eigenvalue weighted by atomic mass is 19.3. The average Bonchev–Trinajstić information content (AvgIpc) is 3.29. The normalized spacial score (nSPS) is 19.1. The van der Waals surface area contributed by atoms with E-state index in [0.717, 1.165) is 19.0 Å². The molecule has 1 aliphatic rings. The van der Waals surface area contributed by atoms with Crippen LogP contribution in [-0.4, -0.2) is 44.8 Å². The first-order chi connectivity index (χ1) is 13.3. The van der Waals surface area contributed by atoms with Gasteiger partial charge in [0.1, 0.15) is 18.0 Å². The van der Waals surface area contributed by atoms with Gasteiger partial charge in [0.2, 0.25) is 0 Å². The van der Waals surface area contributed by atoms with Gasteiger partial charge in [-0.25, -0.2) is 23.5 Å². The quantitative estimate of drug-likeness (QED) is 0.690. The Labute approximate surface area is 159 Å². The molecule has 1 amide bonds. The summed E-state index contributed by atoms with van der Waals surface area (Å²) in [5, 5.41) is 20.9. The molecule has 1 aliphatic carbocycles. The number of ether oxygens (including phenoxy) is 1. The van der Waals surface area contributed by atoms with Gasteiger partial charge >= 0.3 is 6.09 Å². The molecule has 2 unspecified atom stereocenters. The van der Waals surface area contributed by atoms with Gasteiger partial charge in [0, 0.05) is 24.6 Å². The van der Waals surface area contributed by atoms with Gasteiger partial charge in [-0.3, -0.25) is 5.10 Å². The summed E-state index contributed by atoms with van der Waals surface area (Å²) >= 11 is 0. The highest BCUT2D eigenvalue weighted by Gasteiger charge is 2.30. The van der Waals surface area contributed by atoms with E-state index in [4.69, 9.17) is 10.00 Å². The Morgan fingerprint density at radius 2 is 2.21 bits per heavy atom. The molecule has 2 aromatic rings. The molecule has 0 radical (unpaired) electrons. The number of aromatic nitrogens is 4. The van der Waals surface area contributed by atoms with Crippen LogP contribution in [-0.2, 0) is 4.74 Å². The zero-order valence-electron chi connectivity index (χ0n) is 15.1. The van der Waals surface area contributed by atoms with E-state index in [9.17, 15) is 13.6 Å². The molecule has 0 spiro atoms. The number of carbonyl (C=O) groups is 1. The van der Waals surface area contributed by atoms with Gasteiger partial charge in [0.15, 0.2) is 11.5 Å². The van der Waals surface area contributed by atoms with Gasteiger partial charge in [0.05, 0.1) is 18.9 Å². The minimum absolute atomic E-state index is 0.112. The smallest absolute Gasteiger partial charge is 0.407 e. The zero-order valence-corrected chi connectivity index (χ0v) is 15.1. The molecule has 148 valence electrons. The minimum Gasteiger partial charge on any atom is -0.446 e. The second-order valence-electron chi connectivity index (χ2n) is 6.69. The molecule has 3 rings (SSSR count). The molecule has 3 N–H and O–H groups in total. The lowest BCUT2D eigenvalue weighted by atomic mass is 10.0. The maximum absolute atomic E-state index is 12.8. The van der Waals surface area contributed by atoms with Gasteiger partial charge in [0.25, 0.3) is 5.92 Å². The van der Waals surface area contributed by atoms with Crippen LogP contribution in [0.1, 0.15) is 43.5 Å². The van der Waals surface area contributed by atoms with Crippen LogP contribution in [0.5, 0.6) is 0 Å². The SMILES string of the molecule is CC(F)(F)CNC(=O)OC1CCC(c2cc(Nc3cnc(C#N)cn3)n[nH]2)C1. The third-order valence-corrected chi connectivity index (χ3v) is 4.26. The van der Waals surface area contributed by atoms with Gasteiger partial charge in [-0.2, -0.15) is 10.4 Å². The number of anilines is 2. The number of alkyl carbamates (subject to hydrolysis) is 1. The highest BCUT2D eigenvalue weighted by molar-refractivity contribution is 5.67. The Morgan fingerprint density at radius 3 is 2.89 bits per heavy atom. The Kier molecular flexibility index (Phi) is 5.67. The van der Waals surface area contributed by atoms with Crippen LogP contribution < -0.4 is 10.6 Å². The Morgan fingerprint density at radius 1 is 1.39 bits per heavy atom. The zero-order chi connectivity index (χ0) is 20.1. The maximum Gasteiger partial charge on any atom is 0.407 e. The van der Waals surface area contributed by atoms with E-state index < -0.39 is 18.6 Å². The fourth-order valence-corrected chi connectivity index (χ4v) is 2.94. The molecule has 2 atom stereocenters. The third-order valence-electron chi connectivity index (χ3n) is 4.26. The Hall–Kier alpha value is -3.29. The molecule has 9 nitrogen and oxygen atoms in total. The van der Waals surface area contributed by atoms with Crippen molar-refractivity contribution in [2.75, 3.05) is 11.9 Å². The number of H-pyrrole nitrogens is 1. The molecule has 2 heterocycles. The van der Waals surface area contributed by atoms with E-state index >= 15 is 0 Å². The largest absolute Gasteiger partial charge is 0.446 e. The summed E-state index contributed by atoms with van der Waals surface area (Å²) in [5.41, 5.74) is 1.09. The topological polar surface area (TPSA) is 129 Å². The minimum atomic E-state index is -2.98. The summed E-state index contributed by atoms with van der Waals surface area (Å²) in [5.74, 6) is -1.87. The van der Waals surface area contributed by atoms with Gasteiger partial charge < -0.3 is 15.4 Å². The maximum atomic E-state index is 12.8. The number of aromatic amines is 1. The number of rotatable bonds is 6. The van der Waals surface area contributed by atoms with E-state index in [1.807, 2.05) is 12.1 Å². The summed E-state index contributed by atoms with van der Waals surface area (Å²) < 4.78 is 30.7. The first-order valence-corrected chi connectivity index (χ1v) is 8.69. The van der Waals surface area contributed by atoms with Gasteiger partial charge in [-0.15, -0.1) is 0 Å².